The van der Waals surface area contributed by atoms with Crippen LogP contribution in [-0.4, -0.2) is 37.0 Å². The minimum Gasteiger partial charge on any atom is -0.351 e. The number of hydrogen-bond acceptors (Lipinski definition) is 2. The van der Waals surface area contributed by atoms with E-state index in [1.165, 1.54) is 32.4 Å². The molecule has 0 radical (unpaired) electrons. The quantitative estimate of drug-likeness (QED) is 0.921. The number of piperidine rings is 1. The van der Waals surface area contributed by atoms with Crippen molar-refractivity contribution < 1.29 is 4.79 Å². The zero-order valence-electron chi connectivity index (χ0n) is 11.5. The van der Waals surface area contributed by atoms with Crippen LogP contribution < -0.4 is 5.32 Å². The number of nitrogens with zero attached hydrogens (tertiary/aromatic N) is 1. The number of likely N-dealkylation sites (tertiary alicyclic amines) is 1. The fourth-order valence-corrected chi connectivity index (χ4v) is 2.40. The molecule has 1 aliphatic heterocycles. The second kappa shape index (κ2) is 8.18. The maximum Gasteiger partial charge on any atom is 0.251 e. The maximum absolute atomic E-state index is 11.9. The van der Waals surface area contributed by atoms with Gasteiger partial charge in [0, 0.05) is 18.7 Å². The Hall–Kier alpha value is -1.06. The monoisotopic (exact) mass is 282 g/mol. The average Bonchev–Trinajstić information content (AvgIpc) is 2.40. The van der Waals surface area contributed by atoms with Gasteiger partial charge in [-0.2, -0.15) is 0 Å². The van der Waals surface area contributed by atoms with Crippen LogP contribution in [-0.2, 0) is 0 Å². The van der Waals surface area contributed by atoms with E-state index in [4.69, 9.17) is 0 Å². The van der Waals surface area contributed by atoms with Crippen molar-refractivity contribution in [2.75, 3.05) is 26.2 Å². The summed E-state index contributed by atoms with van der Waals surface area (Å²) in [6.45, 7) is 6.08. The summed E-state index contributed by atoms with van der Waals surface area (Å²) < 4.78 is 0. The van der Waals surface area contributed by atoms with Crippen molar-refractivity contribution in [1.29, 1.82) is 0 Å². The van der Waals surface area contributed by atoms with Gasteiger partial charge in [-0.05, 0) is 45.0 Å². The van der Waals surface area contributed by atoms with Gasteiger partial charge in [0.15, 0.2) is 0 Å². The number of benzene rings is 1. The molecule has 1 N–H and O–H groups in total. The van der Waals surface area contributed by atoms with Crippen LogP contribution in [0, 0.1) is 6.92 Å². The lowest BCUT2D eigenvalue weighted by Crippen LogP contribution is -2.37. The second-order valence-electron chi connectivity index (χ2n) is 5.03. The van der Waals surface area contributed by atoms with E-state index in [0.717, 1.165) is 24.2 Å². The molecule has 19 heavy (non-hydrogen) atoms. The molecule has 0 saturated carbocycles. The average molecular weight is 283 g/mol. The topological polar surface area (TPSA) is 32.3 Å². The van der Waals surface area contributed by atoms with Gasteiger partial charge in [0.25, 0.3) is 5.91 Å². The first-order valence-corrected chi connectivity index (χ1v) is 6.83. The zero-order valence-corrected chi connectivity index (χ0v) is 12.3. The minimum absolute atomic E-state index is 0. The SMILES string of the molecule is Cc1cccc(C(=O)NCCN2CCCCC2)c1.Cl. The highest BCUT2D eigenvalue weighted by Gasteiger charge is 2.10. The number of rotatable bonds is 4. The molecule has 0 aromatic heterocycles. The normalized spacial score (nSPS) is 15.6. The van der Waals surface area contributed by atoms with Gasteiger partial charge in [0.05, 0.1) is 0 Å². The number of halogens is 1. The summed E-state index contributed by atoms with van der Waals surface area (Å²) in [5, 5.41) is 2.99. The highest BCUT2D eigenvalue weighted by atomic mass is 35.5. The molecule has 3 nitrogen and oxygen atoms in total. The number of aryl methyl sites for hydroxylation is 1. The molecule has 1 aromatic rings. The van der Waals surface area contributed by atoms with Crippen molar-refractivity contribution in [3.05, 3.63) is 35.4 Å². The van der Waals surface area contributed by atoms with Crippen LogP contribution in [0.3, 0.4) is 0 Å². The molecule has 1 aromatic carbocycles. The van der Waals surface area contributed by atoms with Crippen molar-refractivity contribution in [3.8, 4) is 0 Å². The number of nitrogens with one attached hydrogen (secondary N) is 1. The lowest BCUT2D eigenvalue weighted by molar-refractivity contribution is 0.0946. The van der Waals surface area contributed by atoms with Crippen LogP contribution in [0.5, 0.6) is 0 Å². The highest BCUT2D eigenvalue weighted by molar-refractivity contribution is 5.94. The van der Waals surface area contributed by atoms with Gasteiger partial charge in [-0.15, -0.1) is 12.4 Å². The van der Waals surface area contributed by atoms with Crippen molar-refractivity contribution >= 4 is 18.3 Å². The number of carbonyl (C=O) groups excluding carboxylic acids is 1. The molecule has 1 aliphatic rings. The van der Waals surface area contributed by atoms with Gasteiger partial charge in [-0.25, -0.2) is 0 Å². The summed E-state index contributed by atoms with van der Waals surface area (Å²) in [5.41, 5.74) is 1.88. The summed E-state index contributed by atoms with van der Waals surface area (Å²) in [5.74, 6) is 0.0377. The molecule has 1 saturated heterocycles. The van der Waals surface area contributed by atoms with E-state index in [-0.39, 0.29) is 18.3 Å². The molecular weight excluding hydrogens is 260 g/mol. The maximum atomic E-state index is 11.9. The largest absolute Gasteiger partial charge is 0.351 e. The Morgan fingerprint density at radius 2 is 2.00 bits per heavy atom. The van der Waals surface area contributed by atoms with Gasteiger partial charge < -0.3 is 10.2 Å². The van der Waals surface area contributed by atoms with E-state index in [2.05, 4.69) is 10.2 Å². The minimum atomic E-state index is 0. The molecule has 0 unspecified atom stereocenters. The molecule has 1 heterocycles. The fraction of sp³-hybridized carbons (Fsp3) is 0.533. The van der Waals surface area contributed by atoms with E-state index < -0.39 is 0 Å². The van der Waals surface area contributed by atoms with E-state index >= 15 is 0 Å². The van der Waals surface area contributed by atoms with E-state index in [0.29, 0.717) is 0 Å². The van der Waals surface area contributed by atoms with Crippen molar-refractivity contribution in [1.82, 2.24) is 10.2 Å². The first-order valence-electron chi connectivity index (χ1n) is 6.83. The zero-order chi connectivity index (χ0) is 12.8. The Balaban J connectivity index is 0.00000180. The summed E-state index contributed by atoms with van der Waals surface area (Å²) in [7, 11) is 0. The van der Waals surface area contributed by atoms with Crippen LogP contribution >= 0.6 is 12.4 Å². The summed E-state index contributed by atoms with van der Waals surface area (Å²) in [6.07, 6.45) is 3.95. The Kier molecular flexibility index (Phi) is 6.89. The molecule has 1 fully saturated rings. The van der Waals surface area contributed by atoms with E-state index in [9.17, 15) is 4.79 Å². The van der Waals surface area contributed by atoms with Crippen LogP contribution in [0.1, 0.15) is 35.2 Å². The predicted octanol–water partition coefficient (Wildman–Crippen LogP) is 2.63. The molecule has 0 aliphatic carbocycles. The summed E-state index contributed by atoms with van der Waals surface area (Å²) >= 11 is 0. The third-order valence-electron chi connectivity index (χ3n) is 3.44. The highest BCUT2D eigenvalue weighted by Crippen LogP contribution is 2.07. The first kappa shape index (κ1) is 16.0. The Morgan fingerprint density at radius 1 is 1.26 bits per heavy atom. The molecule has 0 atom stereocenters. The number of amides is 1. The van der Waals surface area contributed by atoms with Crippen LogP contribution in [0.4, 0.5) is 0 Å². The molecule has 2 rings (SSSR count). The molecular formula is C15H23ClN2O. The molecule has 106 valence electrons. The van der Waals surface area contributed by atoms with Gasteiger partial charge >= 0.3 is 0 Å². The standard InChI is InChI=1S/C15H22N2O.ClH/c1-13-6-5-7-14(12-13)15(18)16-8-11-17-9-3-2-4-10-17;/h5-7,12H,2-4,8-11H2,1H3,(H,16,18);1H. The van der Waals surface area contributed by atoms with Crippen molar-refractivity contribution in [3.63, 3.8) is 0 Å². The molecule has 0 spiro atoms. The lowest BCUT2D eigenvalue weighted by Gasteiger charge is -2.26. The Morgan fingerprint density at radius 3 is 2.68 bits per heavy atom. The summed E-state index contributed by atoms with van der Waals surface area (Å²) in [6, 6.07) is 7.72. The van der Waals surface area contributed by atoms with Gasteiger partial charge in [0.2, 0.25) is 0 Å². The molecule has 4 heteroatoms. The van der Waals surface area contributed by atoms with Crippen molar-refractivity contribution in [2.24, 2.45) is 0 Å². The van der Waals surface area contributed by atoms with E-state index in [1.54, 1.807) is 0 Å². The number of hydrogen-bond donors (Lipinski definition) is 1. The van der Waals surface area contributed by atoms with Crippen LogP contribution in [0.15, 0.2) is 24.3 Å². The van der Waals surface area contributed by atoms with Gasteiger partial charge in [-0.1, -0.05) is 24.1 Å². The second-order valence-corrected chi connectivity index (χ2v) is 5.03. The van der Waals surface area contributed by atoms with Crippen molar-refractivity contribution in [2.45, 2.75) is 26.2 Å². The van der Waals surface area contributed by atoms with Crippen LogP contribution in [0.2, 0.25) is 0 Å². The fourth-order valence-electron chi connectivity index (χ4n) is 2.40. The van der Waals surface area contributed by atoms with Gasteiger partial charge in [-0.3, -0.25) is 4.79 Å². The van der Waals surface area contributed by atoms with Gasteiger partial charge in [0.1, 0.15) is 0 Å². The third-order valence-corrected chi connectivity index (χ3v) is 3.44. The summed E-state index contributed by atoms with van der Waals surface area (Å²) in [4.78, 5) is 14.3. The smallest absolute Gasteiger partial charge is 0.251 e. The Labute approximate surface area is 121 Å². The lowest BCUT2D eigenvalue weighted by atomic mass is 10.1. The molecule has 1 amide bonds. The predicted molar refractivity (Wildman–Crippen MR) is 81.1 cm³/mol. The first-order chi connectivity index (χ1) is 8.75. The number of carbonyl (C=O) groups is 1. The third kappa shape index (κ3) is 5.21. The van der Waals surface area contributed by atoms with Crippen LogP contribution in [0.25, 0.3) is 0 Å². The Bertz CT molecular complexity index is 403. The van der Waals surface area contributed by atoms with E-state index in [1.807, 2.05) is 31.2 Å². The molecule has 0 bridgehead atoms.